The zero-order chi connectivity index (χ0) is 36.1. The van der Waals surface area contributed by atoms with Gasteiger partial charge in [0.1, 0.15) is 17.2 Å². The first-order valence-corrected chi connectivity index (χ1v) is 18.2. The first kappa shape index (κ1) is 41.2. The Hall–Kier alpha value is -3.02. The highest BCUT2D eigenvalue weighted by atomic mass is 16.6. The van der Waals surface area contributed by atoms with E-state index in [1.54, 1.807) is 4.90 Å². The van der Waals surface area contributed by atoms with E-state index in [4.69, 9.17) is 16.2 Å². The summed E-state index contributed by atoms with van der Waals surface area (Å²) in [5.74, 6) is -2.01. The molecule has 4 fully saturated rings. The van der Waals surface area contributed by atoms with Crippen LogP contribution in [-0.2, 0) is 33.5 Å². The van der Waals surface area contributed by atoms with Gasteiger partial charge in [0.2, 0.25) is 24.0 Å². The van der Waals surface area contributed by atoms with Crippen LogP contribution in [0.4, 0.5) is 0 Å². The number of nitrogens with zero attached hydrogens (tertiary/aromatic N) is 1. The fourth-order valence-electron chi connectivity index (χ4n) is 6.83. The standard InChI is InChI=1S/C21H34N4O4.C12H21NO3.C3H8/c1-12-9-16(20(28)24-15(10-13-7-8-13)18(26)19(23)27)25(11-12)21(29)17(22)14-5-3-2-4-6-14;1-11(2,3)16-10(15)12(13-9-14)7-5-4-6-8-12;1-3-2/h12-17H,2-11,22H2,1H3,(H2,23,27)(H,24,28);9H,4-8H2,1-3H3,(H,13,14);3H2,1-2H3/t12?,15?,16-,17?;;/m0../s1. The van der Waals surface area contributed by atoms with Gasteiger partial charge in [-0.05, 0) is 77.0 Å². The maximum atomic E-state index is 13.1. The molecule has 3 saturated carbocycles. The van der Waals surface area contributed by atoms with Crippen molar-refractivity contribution in [1.82, 2.24) is 15.5 Å². The Balaban J connectivity index is 0.000000355. The molecule has 12 nitrogen and oxygen atoms in total. The van der Waals surface area contributed by atoms with E-state index in [2.05, 4.69) is 24.5 Å². The smallest absolute Gasteiger partial charge is 0.332 e. The summed E-state index contributed by atoms with van der Waals surface area (Å²) in [6.45, 7) is 12.2. The number of esters is 1. The minimum atomic E-state index is -1.04. The van der Waals surface area contributed by atoms with E-state index in [-0.39, 0.29) is 23.7 Å². The van der Waals surface area contributed by atoms with Crippen LogP contribution in [0.15, 0.2) is 0 Å². The lowest BCUT2D eigenvalue weighted by Crippen LogP contribution is -2.56. The summed E-state index contributed by atoms with van der Waals surface area (Å²) in [5, 5.41) is 5.38. The van der Waals surface area contributed by atoms with Gasteiger partial charge < -0.3 is 31.7 Å². The molecule has 4 atom stereocenters. The van der Waals surface area contributed by atoms with Gasteiger partial charge in [-0.1, -0.05) is 78.6 Å². The summed E-state index contributed by atoms with van der Waals surface area (Å²) in [6, 6.07) is -2.16. The fourth-order valence-corrected chi connectivity index (χ4v) is 6.83. The number of nitrogens with one attached hydrogen (secondary N) is 2. The monoisotopic (exact) mass is 677 g/mol. The highest BCUT2D eigenvalue weighted by Gasteiger charge is 2.44. The third-order valence-electron chi connectivity index (χ3n) is 9.51. The summed E-state index contributed by atoms with van der Waals surface area (Å²) in [4.78, 5) is 73.9. The fraction of sp³-hybridized carbons (Fsp3) is 0.833. The van der Waals surface area contributed by atoms with E-state index < -0.39 is 46.9 Å². The van der Waals surface area contributed by atoms with E-state index >= 15 is 0 Å². The molecule has 4 aliphatic rings. The minimum Gasteiger partial charge on any atom is -0.458 e. The molecule has 48 heavy (non-hydrogen) atoms. The Morgan fingerprint density at radius 3 is 2.02 bits per heavy atom. The molecule has 0 aromatic carbocycles. The van der Waals surface area contributed by atoms with E-state index in [9.17, 15) is 28.8 Å². The summed E-state index contributed by atoms with van der Waals surface area (Å²) in [7, 11) is 0. The number of hydrogen-bond acceptors (Lipinski definition) is 8. The molecule has 0 radical (unpaired) electrons. The summed E-state index contributed by atoms with van der Waals surface area (Å²) in [6.07, 6.45) is 14.4. The first-order valence-electron chi connectivity index (χ1n) is 18.2. The van der Waals surface area contributed by atoms with E-state index in [1.165, 1.54) is 12.8 Å². The van der Waals surface area contributed by atoms with Crippen LogP contribution >= 0.6 is 0 Å². The van der Waals surface area contributed by atoms with Crippen molar-refractivity contribution in [3.63, 3.8) is 0 Å². The molecule has 0 aromatic rings. The first-order chi connectivity index (χ1) is 22.6. The molecule has 3 aliphatic carbocycles. The average Bonchev–Trinajstić information content (AvgIpc) is 3.77. The Labute approximate surface area is 287 Å². The van der Waals surface area contributed by atoms with Crippen molar-refractivity contribution in [1.29, 1.82) is 0 Å². The van der Waals surface area contributed by atoms with E-state index in [1.807, 2.05) is 27.7 Å². The lowest BCUT2D eigenvalue weighted by atomic mass is 9.81. The van der Waals surface area contributed by atoms with Crippen molar-refractivity contribution in [2.45, 2.75) is 167 Å². The molecule has 274 valence electrons. The van der Waals surface area contributed by atoms with Crippen LogP contribution in [0.2, 0.25) is 0 Å². The van der Waals surface area contributed by atoms with Gasteiger partial charge in [0, 0.05) is 6.54 Å². The normalized spacial score (nSPS) is 23.5. The lowest BCUT2D eigenvalue weighted by molar-refractivity contribution is -0.165. The number of carbonyl (C=O) groups excluding carboxylic acids is 6. The van der Waals surface area contributed by atoms with Gasteiger partial charge in [-0.15, -0.1) is 0 Å². The van der Waals surface area contributed by atoms with Gasteiger partial charge in [-0.3, -0.25) is 24.0 Å². The molecule has 0 bridgehead atoms. The predicted octanol–water partition coefficient (Wildman–Crippen LogP) is 3.66. The van der Waals surface area contributed by atoms with E-state index in [0.717, 1.165) is 57.8 Å². The maximum Gasteiger partial charge on any atom is 0.332 e. The van der Waals surface area contributed by atoms with Crippen LogP contribution in [0.1, 0.15) is 138 Å². The molecule has 0 aromatic heterocycles. The van der Waals surface area contributed by atoms with Crippen molar-refractivity contribution in [3.05, 3.63) is 0 Å². The molecule has 12 heteroatoms. The molecule has 1 saturated heterocycles. The molecule has 0 spiro atoms. The number of ether oxygens (including phenoxy) is 1. The Morgan fingerprint density at radius 1 is 0.958 bits per heavy atom. The van der Waals surface area contributed by atoms with Crippen LogP contribution in [-0.4, -0.2) is 76.6 Å². The number of hydrogen-bond donors (Lipinski definition) is 4. The van der Waals surface area contributed by atoms with Gasteiger partial charge in [0.05, 0.1) is 12.1 Å². The molecule has 1 heterocycles. The Bertz CT molecular complexity index is 1090. The number of nitrogens with two attached hydrogens (primary N) is 2. The van der Waals surface area contributed by atoms with Crippen molar-refractivity contribution >= 4 is 35.9 Å². The largest absolute Gasteiger partial charge is 0.458 e. The second-order valence-electron chi connectivity index (χ2n) is 15.4. The Kier molecular flexibility index (Phi) is 16.5. The third-order valence-corrected chi connectivity index (χ3v) is 9.51. The van der Waals surface area contributed by atoms with Crippen molar-refractivity contribution in [2.75, 3.05) is 6.54 Å². The second kappa shape index (κ2) is 19.2. The van der Waals surface area contributed by atoms with Crippen LogP contribution in [0.3, 0.4) is 0 Å². The lowest BCUT2D eigenvalue weighted by Gasteiger charge is -2.36. The quantitative estimate of drug-likeness (QED) is 0.145. The SMILES string of the molecule is CC(C)(C)OC(=O)C1(NC=O)CCCCC1.CC1C[C@@H](C(=O)NC(CC2CC2)C(=O)C(N)=O)N(C(=O)C(N)C2CCCCC2)C1.CCC. The highest BCUT2D eigenvalue weighted by molar-refractivity contribution is 6.37. The topological polar surface area (TPSA) is 191 Å². The highest BCUT2D eigenvalue weighted by Crippen LogP contribution is 2.34. The molecule has 6 N–H and O–H groups in total. The van der Waals surface area contributed by atoms with Gasteiger partial charge >= 0.3 is 5.97 Å². The van der Waals surface area contributed by atoms with Crippen LogP contribution < -0.4 is 22.1 Å². The number of likely N-dealkylation sites (tertiary alicyclic amines) is 1. The van der Waals surface area contributed by atoms with Gasteiger partial charge in [-0.2, -0.15) is 0 Å². The third kappa shape index (κ3) is 12.8. The number of rotatable bonds is 11. The van der Waals surface area contributed by atoms with Crippen LogP contribution in [0, 0.1) is 17.8 Å². The average molecular weight is 678 g/mol. The van der Waals surface area contributed by atoms with Crippen LogP contribution in [0.5, 0.6) is 0 Å². The van der Waals surface area contributed by atoms with Gasteiger partial charge in [-0.25, -0.2) is 4.79 Å². The number of ketones is 1. The van der Waals surface area contributed by atoms with Crippen LogP contribution in [0.25, 0.3) is 0 Å². The number of carbonyl (C=O) groups is 6. The molecule has 3 unspecified atom stereocenters. The van der Waals surface area contributed by atoms with Gasteiger partial charge in [0.25, 0.3) is 5.91 Å². The summed E-state index contributed by atoms with van der Waals surface area (Å²) < 4.78 is 5.37. The molecule has 1 aliphatic heterocycles. The number of Topliss-reactive ketones (excluding diaryl/α,β-unsaturated/α-hetero) is 1. The zero-order valence-corrected chi connectivity index (χ0v) is 30.3. The summed E-state index contributed by atoms with van der Waals surface area (Å²) >= 11 is 0. The molecule has 4 amide bonds. The van der Waals surface area contributed by atoms with Crippen molar-refractivity contribution in [3.8, 4) is 0 Å². The predicted molar refractivity (Wildman–Crippen MR) is 184 cm³/mol. The van der Waals surface area contributed by atoms with Crippen molar-refractivity contribution < 1.29 is 33.5 Å². The van der Waals surface area contributed by atoms with Gasteiger partial charge in [0.15, 0.2) is 0 Å². The molecular formula is C36H63N5O7. The van der Waals surface area contributed by atoms with E-state index in [0.29, 0.717) is 44.6 Å². The number of amides is 4. The second-order valence-corrected chi connectivity index (χ2v) is 15.4. The molecular weight excluding hydrogens is 614 g/mol. The maximum absolute atomic E-state index is 13.1. The van der Waals surface area contributed by atoms with Crippen molar-refractivity contribution in [2.24, 2.45) is 29.2 Å². The Morgan fingerprint density at radius 2 is 1.52 bits per heavy atom. The zero-order valence-electron chi connectivity index (χ0n) is 30.3. The number of primary amides is 1. The molecule has 4 rings (SSSR count). The minimum absolute atomic E-state index is 0.162. The summed E-state index contributed by atoms with van der Waals surface area (Å²) in [5.41, 5.74) is 10.2.